The fourth-order valence-electron chi connectivity index (χ4n) is 2.46. The van der Waals surface area contributed by atoms with Crippen LogP contribution in [-0.4, -0.2) is 35.0 Å². The second-order valence-electron chi connectivity index (χ2n) is 6.81. The molecule has 0 saturated heterocycles. The van der Waals surface area contributed by atoms with Crippen LogP contribution in [0.5, 0.6) is 0 Å². The van der Waals surface area contributed by atoms with Gasteiger partial charge in [0.15, 0.2) is 0 Å². The van der Waals surface area contributed by atoms with Crippen molar-refractivity contribution in [2.45, 2.75) is 84.9 Å². The van der Waals surface area contributed by atoms with E-state index in [2.05, 4.69) is 69.2 Å². The van der Waals surface area contributed by atoms with Crippen LogP contribution >= 0.6 is 15.8 Å². The van der Waals surface area contributed by atoms with Crippen LogP contribution in [-0.2, 0) is 19.5 Å². The zero-order chi connectivity index (χ0) is 16.5. The quantitative estimate of drug-likeness (QED) is 0.313. The van der Waals surface area contributed by atoms with Gasteiger partial charge in [0.1, 0.15) is 0 Å². The van der Waals surface area contributed by atoms with Gasteiger partial charge in [-0.1, -0.05) is 62.3 Å². The maximum Gasteiger partial charge on any atom is 0 e. The molecule has 4 radical (unpaired) electrons. The molecule has 0 aliphatic rings. The van der Waals surface area contributed by atoms with Gasteiger partial charge in [0.2, 0.25) is 0 Å². The molecule has 0 aromatic carbocycles. The minimum Gasteiger partial charge on any atom is -0.101 e. The van der Waals surface area contributed by atoms with E-state index in [9.17, 15) is 0 Å². The van der Waals surface area contributed by atoms with E-state index in [1.165, 1.54) is 12.3 Å². The SMILES string of the molecule is CC(C)P(CCP(C(C)C)C(C)C)C(C)C.[CH2][C]([CH2])C.[Rh]. The number of hydrogen-bond donors (Lipinski definition) is 0. The summed E-state index contributed by atoms with van der Waals surface area (Å²) in [7, 11) is 0.511. The van der Waals surface area contributed by atoms with Crippen molar-refractivity contribution in [3.8, 4) is 0 Å². The largest absolute Gasteiger partial charge is 0.101 e. The van der Waals surface area contributed by atoms with E-state index < -0.39 is 0 Å². The Kier molecular flexibility index (Phi) is 19.6. The third-order valence-electron chi connectivity index (χ3n) is 3.27. The summed E-state index contributed by atoms with van der Waals surface area (Å²) in [6.45, 7) is 28.1. The van der Waals surface area contributed by atoms with E-state index in [1.807, 2.05) is 6.92 Å². The van der Waals surface area contributed by atoms with Gasteiger partial charge in [-0.3, -0.25) is 0 Å². The number of rotatable bonds is 7. The van der Waals surface area contributed by atoms with E-state index in [0.717, 1.165) is 28.6 Å². The average molecular weight is 420 g/mol. The molecule has 130 valence electrons. The summed E-state index contributed by atoms with van der Waals surface area (Å²) < 4.78 is 0. The van der Waals surface area contributed by atoms with Crippen LogP contribution in [0.3, 0.4) is 0 Å². The first-order valence-electron chi connectivity index (χ1n) is 7.99. The van der Waals surface area contributed by atoms with Crippen LogP contribution in [0.1, 0.15) is 62.3 Å². The molecular weight excluding hydrogens is 381 g/mol. The topological polar surface area (TPSA) is 0 Å². The first-order chi connectivity index (χ1) is 9.00. The van der Waals surface area contributed by atoms with Crippen LogP contribution in [0.2, 0.25) is 0 Å². The predicted molar refractivity (Wildman–Crippen MR) is 104 cm³/mol. The van der Waals surface area contributed by atoms with Gasteiger partial charge < -0.3 is 0 Å². The summed E-state index contributed by atoms with van der Waals surface area (Å²) in [5, 5.41) is 0. The summed E-state index contributed by atoms with van der Waals surface area (Å²) in [4.78, 5) is 0. The Bertz CT molecular complexity index is 175. The van der Waals surface area contributed by atoms with E-state index in [-0.39, 0.29) is 35.3 Å². The van der Waals surface area contributed by atoms with Crippen molar-refractivity contribution in [3.05, 3.63) is 19.8 Å². The van der Waals surface area contributed by atoms with E-state index >= 15 is 0 Å². The Hall–Kier alpha value is 1.48. The van der Waals surface area contributed by atoms with Crippen molar-refractivity contribution in [1.29, 1.82) is 0 Å². The summed E-state index contributed by atoms with van der Waals surface area (Å²) in [5.41, 5.74) is 3.63. The molecule has 0 spiro atoms. The van der Waals surface area contributed by atoms with Crippen LogP contribution in [0, 0.1) is 19.8 Å². The third-order valence-corrected chi connectivity index (χ3v) is 10.4. The van der Waals surface area contributed by atoms with Crippen molar-refractivity contribution in [3.63, 3.8) is 0 Å². The van der Waals surface area contributed by atoms with Crippen molar-refractivity contribution < 1.29 is 19.5 Å². The van der Waals surface area contributed by atoms with Crippen molar-refractivity contribution in [2.75, 3.05) is 12.3 Å². The molecule has 3 heteroatoms. The normalized spacial score (nSPS) is 11.7. The Morgan fingerprint density at radius 1 is 0.667 bits per heavy atom. The molecule has 0 amide bonds. The molecule has 0 unspecified atom stereocenters. The smallest absolute Gasteiger partial charge is 0 e. The van der Waals surface area contributed by atoms with Gasteiger partial charge >= 0.3 is 0 Å². The molecular formula is C18H39P2Rh. The fraction of sp³-hybridized carbons (Fsp3) is 0.833. The predicted octanol–water partition coefficient (Wildman–Crippen LogP) is 6.83. The van der Waals surface area contributed by atoms with Crippen LogP contribution in [0.15, 0.2) is 0 Å². The summed E-state index contributed by atoms with van der Waals surface area (Å²) in [6, 6.07) is 0. The van der Waals surface area contributed by atoms with Crippen LogP contribution in [0.4, 0.5) is 0 Å². The second-order valence-corrected chi connectivity index (χ2v) is 13.9. The van der Waals surface area contributed by atoms with Gasteiger partial charge in [-0.2, -0.15) is 0 Å². The minimum absolute atomic E-state index is 0. The molecule has 0 heterocycles. The summed E-state index contributed by atoms with van der Waals surface area (Å²) >= 11 is 0. The molecule has 0 nitrogen and oxygen atoms in total. The van der Waals surface area contributed by atoms with Gasteiger partial charge in [-0.15, -0.1) is 15.8 Å². The van der Waals surface area contributed by atoms with Crippen molar-refractivity contribution >= 4 is 15.8 Å². The Morgan fingerprint density at radius 2 is 0.810 bits per heavy atom. The molecule has 0 aliphatic heterocycles. The van der Waals surface area contributed by atoms with Gasteiger partial charge in [-0.05, 0) is 54.7 Å². The molecule has 0 atom stereocenters. The van der Waals surface area contributed by atoms with Crippen LogP contribution < -0.4 is 0 Å². The minimum atomic E-state index is 0. The molecule has 0 rings (SSSR count). The van der Waals surface area contributed by atoms with Gasteiger partial charge in [0.25, 0.3) is 0 Å². The number of hydrogen-bond acceptors (Lipinski definition) is 0. The van der Waals surface area contributed by atoms with Crippen molar-refractivity contribution in [2.24, 2.45) is 0 Å². The summed E-state index contributed by atoms with van der Waals surface area (Å²) in [6.07, 6.45) is 3.01. The molecule has 0 saturated carbocycles. The molecule has 0 aromatic rings. The second kappa shape index (κ2) is 15.0. The third kappa shape index (κ3) is 16.1. The Balaban J connectivity index is -0.000000572. The maximum atomic E-state index is 3.44. The van der Waals surface area contributed by atoms with E-state index in [0.29, 0.717) is 0 Å². The molecule has 0 N–H and O–H groups in total. The average Bonchev–Trinajstić information content (AvgIpc) is 2.20. The zero-order valence-electron chi connectivity index (χ0n) is 15.9. The van der Waals surface area contributed by atoms with Gasteiger partial charge in [0.05, 0.1) is 0 Å². The standard InChI is InChI=1S/C14H32P2.C4H7.Rh/c1-11(2)15(12(3)4)9-10-16(13(5)6)14(7)8;1-4(2)3;/h11-14H,9-10H2,1-8H3;1-2H2,3H3;. The zero-order valence-corrected chi connectivity index (χ0v) is 19.3. The molecule has 21 heavy (non-hydrogen) atoms. The van der Waals surface area contributed by atoms with Crippen LogP contribution in [0.25, 0.3) is 0 Å². The molecule has 0 aliphatic carbocycles. The van der Waals surface area contributed by atoms with Gasteiger partial charge in [0, 0.05) is 19.5 Å². The molecule has 0 bridgehead atoms. The molecule has 0 fully saturated rings. The van der Waals surface area contributed by atoms with Gasteiger partial charge in [-0.25, -0.2) is 0 Å². The van der Waals surface area contributed by atoms with E-state index in [4.69, 9.17) is 0 Å². The fourth-order valence-corrected chi connectivity index (χ4v) is 8.75. The van der Waals surface area contributed by atoms with Crippen molar-refractivity contribution in [1.82, 2.24) is 0 Å². The first kappa shape index (κ1) is 27.3. The first-order valence-corrected chi connectivity index (χ1v) is 11.3. The Labute approximate surface area is 152 Å². The van der Waals surface area contributed by atoms with E-state index in [1.54, 1.807) is 0 Å². The Morgan fingerprint density at radius 3 is 0.905 bits per heavy atom. The monoisotopic (exact) mass is 420 g/mol. The molecule has 0 aromatic heterocycles. The maximum absolute atomic E-state index is 3.44. The summed E-state index contributed by atoms with van der Waals surface area (Å²) in [5.74, 6) is 0.917.